The average molecular weight is 287 g/mol. The average Bonchev–Trinajstić information content (AvgIpc) is 2.48. The molecule has 86 valence electrons. The van der Waals surface area contributed by atoms with Gasteiger partial charge in [-0.3, -0.25) is 0 Å². The minimum absolute atomic E-state index is 0.274. The number of rotatable bonds is 2. The van der Waals surface area contributed by atoms with Crippen molar-refractivity contribution in [3.63, 3.8) is 0 Å². The van der Waals surface area contributed by atoms with Crippen molar-refractivity contribution in [3.05, 3.63) is 23.8 Å². The topological polar surface area (TPSA) is 44.8 Å². The zero-order valence-electron chi connectivity index (χ0n) is 8.73. The van der Waals surface area contributed by atoms with E-state index in [1.807, 2.05) is 0 Å². The second-order valence-electron chi connectivity index (χ2n) is 3.33. The number of cyclic esters (lactones) is 1. The molecule has 4 nitrogen and oxygen atoms in total. The molecule has 16 heavy (non-hydrogen) atoms. The second-order valence-corrected chi connectivity index (χ2v) is 3.98. The fourth-order valence-corrected chi connectivity index (χ4v) is 1.81. The highest BCUT2D eigenvalue weighted by molar-refractivity contribution is 9.09. The molecular formula is C11H11BrO4. The Labute approximate surface area is 102 Å². The Morgan fingerprint density at radius 2 is 2.38 bits per heavy atom. The van der Waals surface area contributed by atoms with Crippen molar-refractivity contribution in [3.8, 4) is 11.5 Å². The molecule has 2 rings (SSSR count). The Kier molecular flexibility index (Phi) is 3.33. The number of carbonyl (C=O) groups excluding carboxylic acids is 1. The molecule has 1 aliphatic rings. The maximum Gasteiger partial charge on any atom is 0.342 e. The van der Waals surface area contributed by atoms with Crippen molar-refractivity contribution < 1.29 is 19.0 Å². The van der Waals surface area contributed by atoms with E-state index in [-0.39, 0.29) is 12.1 Å². The molecule has 0 aromatic heterocycles. The molecule has 1 aromatic rings. The van der Waals surface area contributed by atoms with E-state index in [2.05, 4.69) is 15.9 Å². The number of hydrogen-bond donors (Lipinski definition) is 0. The van der Waals surface area contributed by atoms with Gasteiger partial charge in [-0.05, 0) is 12.1 Å². The molecule has 5 heteroatoms. The molecule has 1 aromatic carbocycles. The summed E-state index contributed by atoms with van der Waals surface area (Å²) in [5.74, 6) is 0.624. The first-order chi connectivity index (χ1) is 7.76. The third-order valence-electron chi connectivity index (χ3n) is 2.28. The Morgan fingerprint density at radius 1 is 1.56 bits per heavy atom. The summed E-state index contributed by atoms with van der Waals surface area (Å²) in [6, 6.07) is 5.15. The van der Waals surface area contributed by atoms with Gasteiger partial charge in [0.05, 0.1) is 7.11 Å². The van der Waals surface area contributed by atoms with Crippen molar-refractivity contribution in [2.75, 3.05) is 19.0 Å². The standard InChI is InChI=1S/C11H11BrO4/c1-14-9-4-2-3-8-10(9)15-6-7(5-12)16-11(8)13/h2-4,7H,5-6H2,1H3. The van der Waals surface area contributed by atoms with Crippen LogP contribution in [0.5, 0.6) is 11.5 Å². The van der Waals surface area contributed by atoms with Crippen molar-refractivity contribution in [1.29, 1.82) is 0 Å². The van der Waals surface area contributed by atoms with Crippen LogP contribution in [0.25, 0.3) is 0 Å². The van der Waals surface area contributed by atoms with Gasteiger partial charge in [0.25, 0.3) is 0 Å². The molecule has 0 saturated carbocycles. The van der Waals surface area contributed by atoms with Crippen LogP contribution in [-0.4, -0.2) is 31.1 Å². The van der Waals surface area contributed by atoms with Crippen LogP contribution in [0.15, 0.2) is 18.2 Å². The van der Waals surface area contributed by atoms with Gasteiger partial charge in [0.2, 0.25) is 0 Å². The Bertz CT molecular complexity index is 405. The third kappa shape index (κ3) is 2.00. The molecule has 0 amide bonds. The van der Waals surface area contributed by atoms with E-state index >= 15 is 0 Å². The molecule has 0 aliphatic carbocycles. The maximum atomic E-state index is 11.8. The number of carbonyl (C=O) groups is 1. The minimum Gasteiger partial charge on any atom is -0.493 e. The van der Waals surface area contributed by atoms with Gasteiger partial charge in [0.1, 0.15) is 18.3 Å². The predicted molar refractivity (Wildman–Crippen MR) is 61.5 cm³/mol. The van der Waals surface area contributed by atoms with Crippen LogP contribution >= 0.6 is 15.9 Å². The SMILES string of the molecule is COc1cccc2c1OCC(CBr)OC2=O. The van der Waals surface area contributed by atoms with Gasteiger partial charge in [-0.15, -0.1) is 0 Å². The first kappa shape index (κ1) is 11.3. The molecule has 1 heterocycles. The minimum atomic E-state index is -0.379. The molecule has 1 aliphatic heterocycles. The second kappa shape index (κ2) is 4.74. The number of para-hydroxylation sites is 1. The summed E-state index contributed by atoms with van der Waals surface area (Å²) in [5.41, 5.74) is 0.405. The molecule has 0 fully saturated rings. The molecule has 1 atom stereocenters. The number of fused-ring (bicyclic) bond motifs is 1. The molecule has 0 radical (unpaired) electrons. The van der Waals surface area contributed by atoms with E-state index in [1.165, 1.54) is 7.11 Å². The van der Waals surface area contributed by atoms with Crippen LogP contribution < -0.4 is 9.47 Å². The van der Waals surface area contributed by atoms with Gasteiger partial charge in [-0.1, -0.05) is 22.0 Å². The summed E-state index contributed by atoms with van der Waals surface area (Å²) >= 11 is 3.27. The van der Waals surface area contributed by atoms with Gasteiger partial charge in [-0.25, -0.2) is 4.79 Å². The van der Waals surface area contributed by atoms with Crippen LogP contribution in [0, 0.1) is 0 Å². The Balaban J connectivity index is 2.40. The summed E-state index contributed by atoms with van der Waals surface area (Å²) in [6.45, 7) is 0.324. The highest BCUT2D eigenvalue weighted by Gasteiger charge is 2.26. The summed E-state index contributed by atoms with van der Waals surface area (Å²) in [6.07, 6.45) is -0.274. The lowest BCUT2D eigenvalue weighted by Crippen LogP contribution is -2.23. The molecule has 0 bridgehead atoms. The smallest absolute Gasteiger partial charge is 0.342 e. The molecule has 1 unspecified atom stereocenters. The Morgan fingerprint density at radius 3 is 3.06 bits per heavy atom. The fourth-order valence-electron chi connectivity index (χ4n) is 1.49. The van der Waals surface area contributed by atoms with Crippen molar-refractivity contribution in [2.45, 2.75) is 6.10 Å². The van der Waals surface area contributed by atoms with Crippen LogP contribution in [0.2, 0.25) is 0 Å². The van der Waals surface area contributed by atoms with Crippen LogP contribution in [0.4, 0.5) is 0 Å². The van der Waals surface area contributed by atoms with Gasteiger partial charge >= 0.3 is 5.97 Å². The maximum absolute atomic E-state index is 11.8. The normalized spacial score (nSPS) is 19.1. The predicted octanol–water partition coefficient (Wildman–Crippen LogP) is 2.01. The van der Waals surface area contributed by atoms with Gasteiger partial charge in [0.15, 0.2) is 11.5 Å². The van der Waals surface area contributed by atoms with Crippen molar-refractivity contribution >= 4 is 21.9 Å². The third-order valence-corrected chi connectivity index (χ3v) is 3.00. The van der Waals surface area contributed by atoms with E-state index in [4.69, 9.17) is 14.2 Å². The van der Waals surface area contributed by atoms with Gasteiger partial charge in [0, 0.05) is 5.33 Å². The van der Waals surface area contributed by atoms with Gasteiger partial charge in [-0.2, -0.15) is 0 Å². The zero-order valence-corrected chi connectivity index (χ0v) is 10.3. The lowest BCUT2D eigenvalue weighted by atomic mass is 10.2. The number of methoxy groups -OCH3 is 1. The fraction of sp³-hybridized carbons (Fsp3) is 0.364. The molecule has 0 N–H and O–H groups in total. The Hall–Kier alpha value is -1.23. The quantitative estimate of drug-likeness (QED) is 0.616. The van der Waals surface area contributed by atoms with E-state index in [0.717, 1.165) is 0 Å². The number of ether oxygens (including phenoxy) is 3. The van der Waals surface area contributed by atoms with E-state index < -0.39 is 0 Å². The van der Waals surface area contributed by atoms with Crippen LogP contribution in [0.1, 0.15) is 10.4 Å². The monoisotopic (exact) mass is 286 g/mol. The van der Waals surface area contributed by atoms with E-state index in [1.54, 1.807) is 18.2 Å². The lowest BCUT2D eigenvalue weighted by molar-refractivity contribution is 0.0302. The zero-order chi connectivity index (χ0) is 11.5. The largest absolute Gasteiger partial charge is 0.493 e. The number of hydrogen-bond acceptors (Lipinski definition) is 4. The number of halogens is 1. The number of alkyl halides is 1. The summed E-state index contributed by atoms with van der Waals surface area (Å²) < 4.78 is 15.9. The number of esters is 1. The molecule has 0 spiro atoms. The summed E-state index contributed by atoms with van der Waals surface area (Å²) in [4.78, 5) is 11.8. The van der Waals surface area contributed by atoms with Gasteiger partial charge < -0.3 is 14.2 Å². The van der Waals surface area contributed by atoms with Crippen LogP contribution in [0.3, 0.4) is 0 Å². The summed E-state index contributed by atoms with van der Waals surface area (Å²) in [5, 5.41) is 0.551. The molecular weight excluding hydrogens is 276 g/mol. The first-order valence-electron chi connectivity index (χ1n) is 4.83. The lowest BCUT2D eigenvalue weighted by Gasteiger charge is -2.11. The van der Waals surface area contributed by atoms with Crippen molar-refractivity contribution in [1.82, 2.24) is 0 Å². The highest BCUT2D eigenvalue weighted by atomic mass is 79.9. The van der Waals surface area contributed by atoms with Crippen LogP contribution in [-0.2, 0) is 4.74 Å². The summed E-state index contributed by atoms with van der Waals surface area (Å²) in [7, 11) is 1.54. The highest BCUT2D eigenvalue weighted by Crippen LogP contribution is 2.33. The van der Waals surface area contributed by atoms with E-state index in [9.17, 15) is 4.79 Å². The molecule has 0 saturated heterocycles. The van der Waals surface area contributed by atoms with Crippen molar-refractivity contribution in [2.24, 2.45) is 0 Å². The first-order valence-corrected chi connectivity index (χ1v) is 5.95. The van der Waals surface area contributed by atoms with E-state index in [0.29, 0.717) is 29.0 Å². The number of benzene rings is 1.